The molecule has 0 amide bonds. The third kappa shape index (κ3) is 6.42. The summed E-state index contributed by atoms with van der Waals surface area (Å²) < 4.78 is 34.3. The number of hydrogen-bond acceptors (Lipinski definition) is 8. The monoisotopic (exact) mass is 505 g/mol. The first-order valence-electron chi connectivity index (χ1n) is 7.73. The number of benzene rings is 2. The van der Waals surface area contributed by atoms with Crippen LogP contribution in [0, 0.1) is 6.92 Å². The largest absolute Gasteiger partial charge is 3.00 e. The van der Waals surface area contributed by atoms with E-state index in [1.807, 2.05) is 0 Å². The van der Waals surface area contributed by atoms with Gasteiger partial charge < -0.3 is 40.7 Å². The van der Waals surface area contributed by atoms with Crippen LogP contribution in [0.1, 0.15) is 16.1 Å². The van der Waals surface area contributed by atoms with Crippen molar-refractivity contribution < 1.29 is 56.7 Å². The average molecular weight is 505 g/mol. The Balaban J connectivity index is 0. The van der Waals surface area contributed by atoms with E-state index in [1.54, 1.807) is 30.3 Å². The summed E-state index contributed by atoms with van der Waals surface area (Å²) in [4.78, 5) is 23.0. The standard InChI is InChI=1S/C17H14N4O6S.Cr.3H2O/c1-10-15(16(22)21(20-10)11-5-3-2-4-6-11)19-18-14-8-7-12(28(25,26)27)9-13(14)17(23)24;;;;/h2-9H,1H3,(H3,18,20,22,23,24,25,26,27);;3*1H2/q;+3;;;/p-3. The van der Waals surface area contributed by atoms with Gasteiger partial charge in [-0.15, -0.1) is 15.9 Å². The Morgan fingerprint density at radius 1 is 1.03 bits per heavy atom. The number of aromatic nitrogens is 2. The van der Waals surface area contributed by atoms with Crippen LogP contribution in [-0.4, -0.2) is 40.1 Å². The molecule has 0 saturated heterocycles. The minimum Gasteiger partial charge on any atom is -0.744 e. The van der Waals surface area contributed by atoms with E-state index < -0.39 is 32.1 Å². The smallest absolute Gasteiger partial charge is 0.744 e. The topological polar surface area (TPSA) is 253 Å². The summed E-state index contributed by atoms with van der Waals surface area (Å²) in [6.07, 6.45) is 0. The molecule has 0 aliphatic rings. The van der Waals surface area contributed by atoms with Gasteiger partial charge in [-0.2, -0.15) is 0 Å². The predicted octanol–water partition coefficient (Wildman–Crippen LogP) is -1.69. The fourth-order valence-electron chi connectivity index (χ4n) is 2.38. The number of hydrogen-bond donors (Lipinski definition) is 0. The molecule has 1 aromatic heterocycles. The van der Waals surface area contributed by atoms with Crippen LogP contribution in [0.2, 0.25) is 0 Å². The van der Waals surface area contributed by atoms with Crippen molar-refractivity contribution in [2.45, 2.75) is 11.8 Å². The van der Waals surface area contributed by atoms with Crippen molar-refractivity contribution in [3.05, 3.63) is 70.1 Å². The molecule has 6 N–H and O–H groups in total. The van der Waals surface area contributed by atoms with Crippen molar-refractivity contribution in [3.63, 3.8) is 0 Å². The molecule has 0 spiro atoms. The number of carbonyl (C=O) groups is 1. The molecule has 0 aliphatic carbocycles. The van der Waals surface area contributed by atoms with E-state index in [0.29, 0.717) is 11.8 Å². The van der Waals surface area contributed by atoms with E-state index in [4.69, 9.17) is 0 Å². The van der Waals surface area contributed by atoms with Gasteiger partial charge in [-0.1, -0.05) is 25.1 Å². The molecule has 32 heavy (non-hydrogen) atoms. The summed E-state index contributed by atoms with van der Waals surface area (Å²) in [5.74, 6) is -1.75. The average Bonchev–Trinajstić information content (AvgIpc) is 2.93. The predicted molar refractivity (Wildman–Crippen MR) is 104 cm³/mol. The molecular weight excluding hydrogens is 488 g/mol. The Hall–Kier alpha value is -3.16. The van der Waals surface area contributed by atoms with E-state index in [0.717, 1.165) is 16.8 Å². The third-order valence-electron chi connectivity index (χ3n) is 3.72. The van der Waals surface area contributed by atoms with Gasteiger partial charge in [0.1, 0.15) is 15.8 Å². The number of para-hydroxylation sites is 1. The van der Waals surface area contributed by atoms with Crippen LogP contribution in [0.15, 0.2) is 68.4 Å². The van der Waals surface area contributed by atoms with Crippen LogP contribution >= 0.6 is 0 Å². The van der Waals surface area contributed by atoms with Crippen molar-refractivity contribution in [1.82, 2.24) is 9.78 Å². The van der Waals surface area contributed by atoms with Crippen molar-refractivity contribution >= 4 is 27.5 Å². The zero-order chi connectivity index (χ0) is 20.5. The molecule has 15 heteroatoms. The molecule has 2 aromatic carbocycles. The fourth-order valence-corrected chi connectivity index (χ4v) is 2.88. The van der Waals surface area contributed by atoms with Gasteiger partial charge in [0.2, 0.25) is 0 Å². The number of carbonyl (C=O) groups excluding carboxylic acids is 1. The second kappa shape index (κ2) is 12.0. The van der Waals surface area contributed by atoms with Crippen LogP contribution in [0.25, 0.3) is 5.69 Å². The van der Waals surface area contributed by atoms with Gasteiger partial charge in [-0.05, 0) is 30.3 Å². The van der Waals surface area contributed by atoms with Gasteiger partial charge >= 0.3 is 17.4 Å². The van der Waals surface area contributed by atoms with E-state index in [9.17, 15) is 27.7 Å². The zero-order valence-corrected chi connectivity index (χ0v) is 18.3. The number of carboxylic acid groups (broad SMARTS) is 1. The van der Waals surface area contributed by atoms with Crippen LogP contribution in [-0.2, 0) is 27.5 Å². The van der Waals surface area contributed by atoms with Crippen molar-refractivity contribution in [2.24, 2.45) is 10.2 Å². The quantitative estimate of drug-likeness (QED) is 0.287. The number of aryl methyl sites for hydroxylation is 1. The molecule has 3 aromatic rings. The van der Waals surface area contributed by atoms with Crippen molar-refractivity contribution in [3.8, 4) is 5.69 Å². The first-order chi connectivity index (χ1) is 13.2. The summed E-state index contributed by atoms with van der Waals surface area (Å²) >= 11 is 0. The van der Waals surface area contributed by atoms with Crippen molar-refractivity contribution in [1.29, 1.82) is 0 Å². The SMILES string of the molecule is Cc1[n-]n(-c2ccccc2)c(=O)c1N=Nc1ccc(S(=O)(=O)[O-])cc1C(=O)[O-].O.O.O.[Cr+3]. The fraction of sp³-hybridized carbons (Fsp3) is 0.0588. The van der Waals surface area contributed by atoms with Gasteiger partial charge in [-0.3, -0.25) is 4.79 Å². The Labute approximate surface area is 191 Å². The van der Waals surface area contributed by atoms with Crippen LogP contribution in [0.5, 0.6) is 0 Å². The maximum Gasteiger partial charge on any atom is 3.00 e. The molecule has 0 bridgehead atoms. The summed E-state index contributed by atoms with van der Waals surface area (Å²) in [6, 6.07) is 11.1. The molecule has 1 radical (unpaired) electrons. The molecule has 171 valence electrons. The second-order valence-corrected chi connectivity index (χ2v) is 6.99. The number of rotatable bonds is 5. The molecule has 1 heterocycles. The normalized spacial score (nSPS) is 10.3. The Morgan fingerprint density at radius 2 is 1.62 bits per heavy atom. The Morgan fingerprint density at radius 3 is 2.16 bits per heavy atom. The van der Waals surface area contributed by atoms with E-state index in [-0.39, 0.29) is 50.9 Å². The van der Waals surface area contributed by atoms with Crippen molar-refractivity contribution in [2.75, 3.05) is 0 Å². The minimum atomic E-state index is -4.86. The number of aromatic carboxylic acids is 1. The third-order valence-corrected chi connectivity index (χ3v) is 4.55. The second-order valence-electron chi connectivity index (χ2n) is 5.61. The van der Waals surface area contributed by atoms with Gasteiger partial charge in [-0.25, -0.2) is 8.42 Å². The summed E-state index contributed by atoms with van der Waals surface area (Å²) in [7, 11) is -4.86. The van der Waals surface area contributed by atoms with E-state index in [2.05, 4.69) is 15.3 Å². The molecule has 0 atom stereocenters. The Bertz CT molecular complexity index is 1250. The molecule has 0 fully saturated rings. The Kier molecular flexibility index (Phi) is 11.7. The molecule has 0 unspecified atom stereocenters. The first kappa shape index (κ1) is 31.0. The molecule has 0 saturated carbocycles. The molecule has 13 nitrogen and oxygen atoms in total. The van der Waals surface area contributed by atoms with Gasteiger partial charge in [0.05, 0.1) is 16.6 Å². The maximum atomic E-state index is 12.5. The van der Waals surface area contributed by atoms with Gasteiger partial charge in [0, 0.05) is 11.3 Å². The number of nitrogens with zero attached hydrogens (tertiary/aromatic N) is 4. The zero-order valence-electron chi connectivity index (χ0n) is 16.2. The molecule has 0 aliphatic heterocycles. The van der Waals surface area contributed by atoms with Gasteiger partial charge in [0.25, 0.3) is 5.56 Å². The van der Waals surface area contributed by atoms with Crippen LogP contribution in [0.4, 0.5) is 11.4 Å². The number of carboxylic acids is 1. The maximum absolute atomic E-state index is 12.5. The van der Waals surface area contributed by atoms with Gasteiger partial charge in [0.15, 0.2) is 0 Å². The van der Waals surface area contributed by atoms with E-state index >= 15 is 0 Å². The first-order valence-corrected chi connectivity index (χ1v) is 9.14. The summed E-state index contributed by atoms with van der Waals surface area (Å²) in [5, 5.41) is 22.8. The number of azo groups is 1. The van der Waals surface area contributed by atoms with Crippen LogP contribution in [0.3, 0.4) is 0 Å². The van der Waals surface area contributed by atoms with E-state index in [1.165, 1.54) is 6.92 Å². The molecular formula is C17H17CrN4O9S. The molecule has 3 rings (SSSR count). The summed E-state index contributed by atoms with van der Waals surface area (Å²) in [6.45, 7) is 1.53. The van der Waals surface area contributed by atoms with Crippen LogP contribution < -0.4 is 15.8 Å². The minimum absolute atomic E-state index is 0. The summed E-state index contributed by atoms with van der Waals surface area (Å²) in [5.41, 5.74) is -0.849.